The second-order valence-electron chi connectivity index (χ2n) is 5.88. The zero-order valence-corrected chi connectivity index (χ0v) is 13.1. The van der Waals surface area contributed by atoms with Gasteiger partial charge >= 0.3 is 0 Å². The van der Waals surface area contributed by atoms with Gasteiger partial charge in [0.2, 0.25) is 0 Å². The van der Waals surface area contributed by atoms with Crippen molar-refractivity contribution in [2.45, 2.75) is 18.9 Å². The lowest BCUT2D eigenvalue weighted by molar-refractivity contribution is -0.189. The summed E-state index contributed by atoms with van der Waals surface area (Å²) in [5, 5.41) is 12.2. The molecule has 124 valence electrons. The van der Waals surface area contributed by atoms with Crippen LogP contribution in [0.2, 0.25) is 0 Å². The summed E-state index contributed by atoms with van der Waals surface area (Å²) in [4.78, 5) is 23.3. The number of nitrogens with one attached hydrogen (secondary N) is 1. The van der Waals surface area contributed by atoms with Crippen LogP contribution in [0.15, 0.2) is 48.5 Å². The van der Waals surface area contributed by atoms with E-state index in [0.717, 1.165) is 24.1 Å². The van der Waals surface area contributed by atoms with Crippen molar-refractivity contribution < 1.29 is 14.8 Å². The van der Waals surface area contributed by atoms with Gasteiger partial charge in [-0.25, -0.2) is 5.06 Å². The van der Waals surface area contributed by atoms with Crippen molar-refractivity contribution in [1.82, 2.24) is 10.4 Å². The first-order valence-corrected chi connectivity index (χ1v) is 7.77. The Morgan fingerprint density at radius 2 is 1.62 bits per heavy atom. The molecule has 6 nitrogen and oxygen atoms in total. The molecule has 0 aromatic heterocycles. The van der Waals surface area contributed by atoms with Crippen LogP contribution in [0.3, 0.4) is 0 Å². The number of amides is 2. The quantitative estimate of drug-likeness (QED) is 0.440. The molecule has 0 bridgehead atoms. The summed E-state index contributed by atoms with van der Waals surface area (Å²) in [5.41, 5.74) is 9.26. The molecule has 4 N–H and O–H groups in total. The van der Waals surface area contributed by atoms with Crippen molar-refractivity contribution >= 4 is 17.5 Å². The topological polar surface area (TPSA) is 95.7 Å². The standard InChI is InChI=1S/C18H19N3O3/c19-15-9-5-13(6-10-15)2-1-12-3-7-14(8-4-12)17(22)20-16-11-21(24)18(16)23/h3-10,16,24H,1-2,11,19H2,(H,20,22). The van der Waals surface area contributed by atoms with E-state index in [1.807, 2.05) is 36.4 Å². The lowest BCUT2D eigenvalue weighted by atomic mass is 10.0. The number of nitrogen functional groups attached to an aromatic ring is 1. The Kier molecular flexibility index (Phi) is 4.48. The van der Waals surface area contributed by atoms with E-state index >= 15 is 0 Å². The molecule has 24 heavy (non-hydrogen) atoms. The van der Waals surface area contributed by atoms with E-state index < -0.39 is 11.9 Å². The van der Waals surface area contributed by atoms with E-state index in [9.17, 15) is 9.59 Å². The van der Waals surface area contributed by atoms with Gasteiger partial charge in [0, 0.05) is 11.3 Å². The molecule has 2 aromatic carbocycles. The van der Waals surface area contributed by atoms with Crippen molar-refractivity contribution in [3.63, 3.8) is 0 Å². The third-order valence-electron chi connectivity index (χ3n) is 4.11. The van der Waals surface area contributed by atoms with E-state index in [1.165, 1.54) is 5.56 Å². The SMILES string of the molecule is Nc1ccc(CCc2ccc(C(=O)NC3CN(O)C3=O)cc2)cc1. The molecule has 0 radical (unpaired) electrons. The summed E-state index contributed by atoms with van der Waals surface area (Å²) in [6.45, 7) is 0.129. The first kappa shape index (κ1) is 16.0. The van der Waals surface area contributed by atoms with E-state index in [1.54, 1.807) is 12.1 Å². The number of carbonyl (C=O) groups excluding carboxylic acids is 2. The third kappa shape index (κ3) is 3.55. The number of hydrogen-bond acceptors (Lipinski definition) is 4. The van der Waals surface area contributed by atoms with Crippen molar-refractivity contribution in [1.29, 1.82) is 0 Å². The van der Waals surface area contributed by atoms with E-state index in [4.69, 9.17) is 10.9 Å². The lowest BCUT2D eigenvalue weighted by Gasteiger charge is -2.33. The van der Waals surface area contributed by atoms with Crippen LogP contribution < -0.4 is 11.1 Å². The largest absolute Gasteiger partial charge is 0.399 e. The summed E-state index contributed by atoms with van der Waals surface area (Å²) in [6.07, 6.45) is 1.77. The predicted octanol–water partition coefficient (Wildman–Crippen LogP) is 1.38. The molecular formula is C18H19N3O3. The van der Waals surface area contributed by atoms with Crippen LogP contribution in [0, 0.1) is 0 Å². The molecule has 0 saturated carbocycles. The first-order valence-electron chi connectivity index (χ1n) is 7.77. The van der Waals surface area contributed by atoms with E-state index in [-0.39, 0.29) is 12.5 Å². The molecule has 1 aliphatic rings. The van der Waals surface area contributed by atoms with Crippen LogP contribution in [0.5, 0.6) is 0 Å². The second kappa shape index (κ2) is 6.72. The molecule has 0 spiro atoms. The lowest BCUT2D eigenvalue weighted by Crippen LogP contribution is -2.62. The highest BCUT2D eigenvalue weighted by molar-refractivity contribution is 5.99. The van der Waals surface area contributed by atoms with Gasteiger partial charge in [-0.15, -0.1) is 0 Å². The van der Waals surface area contributed by atoms with Crippen LogP contribution in [0.4, 0.5) is 5.69 Å². The molecule has 1 aliphatic heterocycles. The number of hydroxylamine groups is 2. The zero-order valence-electron chi connectivity index (χ0n) is 13.1. The Morgan fingerprint density at radius 1 is 1.08 bits per heavy atom. The maximum absolute atomic E-state index is 12.0. The molecule has 3 rings (SSSR count). The maximum atomic E-state index is 12.0. The number of nitrogens with two attached hydrogens (primary N) is 1. The van der Waals surface area contributed by atoms with Crippen molar-refractivity contribution in [2.75, 3.05) is 12.3 Å². The fraction of sp³-hybridized carbons (Fsp3) is 0.222. The van der Waals surface area contributed by atoms with Gasteiger partial charge in [-0.2, -0.15) is 0 Å². The van der Waals surface area contributed by atoms with Gasteiger partial charge in [0.15, 0.2) is 0 Å². The van der Waals surface area contributed by atoms with E-state index in [0.29, 0.717) is 10.6 Å². The number of aryl methyl sites for hydroxylation is 2. The van der Waals surface area contributed by atoms with Gasteiger partial charge in [0.05, 0.1) is 6.54 Å². The number of hydrogen-bond donors (Lipinski definition) is 3. The van der Waals surface area contributed by atoms with Gasteiger partial charge in [-0.3, -0.25) is 14.8 Å². The fourth-order valence-electron chi connectivity index (χ4n) is 2.55. The summed E-state index contributed by atoms with van der Waals surface area (Å²) in [5.74, 6) is -0.796. The van der Waals surface area contributed by atoms with Crippen LogP contribution in [0.25, 0.3) is 0 Å². The molecule has 1 atom stereocenters. The average molecular weight is 325 g/mol. The van der Waals surface area contributed by atoms with Gasteiger partial charge < -0.3 is 11.1 Å². The summed E-state index contributed by atoms with van der Waals surface area (Å²) < 4.78 is 0. The molecule has 1 saturated heterocycles. The van der Waals surface area contributed by atoms with Gasteiger partial charge in [0.1, 0.15) is 6.04 Å². The first-order chi connectivity index (χ1) is 11.5. The predicted molar refractivity (Wildman–Crippen MR) is 89.5 cm³/mol. The Hall–Kier alpha value is -2.86. The van der Waals surface area contributed by atoms with Gasteiger partial charge in [0.25, 0.3) is 11.8 Å². The Bertz CT molecular complexity index is 741. The van der Waals surface area contributed by atoms with Crippen molar-refractivity contribution in [2.24, 2.45) is 0 Å². The molecule has 0 aliphatic carbocycles. The minimum absolute atomic E-state index is 0.129. The molecule has 2 amide bonds. The number of benzene rings is 2. The number of β-lactam (4-membered cyclic amide) rings is 1. The molecular weight excluding hydrogens is 306 g/mol. The van der Waals surface area contributed by atoms with Gasteiger partial charge in [-0.05, 0) is 48.2 Å². The summed E-state index contributed by atoms with van der Waals surface area (Å²) in [6, 6.07) is 14.5. The zero-order chi connectivity index (χ0) is 17.1. The average Bonchev–Trinajstić information content (AvgIpc) is 2.61. The molecule has 6 heteroatoms. The molecule has 1 fully saturated rings. The molecule has 1 unspecified atom stereocenters. The minimum Gasteiger partial charge on any atom is -0.399 e. The minimum atomic E-state index is -0.632. The van der Waals surface area contributed by atoms with Crippen LogP contribution in [0.1, 0.15) is 21.5 Å². The highest BCUT2D eigenvalue weighted by atomic mass is 16.5. The third-order valence-corrected chi connectivity index (χ3v) is 4.11. The highest BCUT2D eigenvalue weighted by Gasteiger charge is 2.37. The highest BCUT2D eigenvalue weighted by Crippen LogP contribution is 2.12. The van der Waals surface area contributed by atoms with Crippen LogP contribution in [-0.4, -0.2) is 34.7 Å². The summed E-state index contributed by atoms with van der Waals surface area (Å²) >= 11 is 0. The Balaban J connectivity index is 1.54. The summed E-state index contributed by atoms with van der Waals surface area (Å²) in [7, 11) is 0. The number of carbonyl (C=O) groups is 2. The molecule has 1 heterocycles. The van der Waals surface area contributed by atoms with Crippen LogP contribution in [-0.2, 0) is 17.6 Å². The fourth-order valence-corrected chi connectivity index (χ4v) is 2.55. The number of rotatable bonds is 5. The van der Waals surface area contributed by atoms with Crippen molar-refractivity contribution in [3.05, 3.63) is 65.2 Å². The Labute approximate surface area is 139 Å². The monoisotopic (exact) mass is 325 g/mol. The van der Waals surface area contributed by atoms with E-state index in [2.05, 4.69) is 5.32 Å². The van der Waals surface area contributed by atoms with Crippen LogP contribution >= 0.6 is 0 Å². The molecule has 2 aromatic rings. The Morgan fingerprint density at radius 3 is 2.12 bits per heavy atom. The van der Waals surface area contributed by atoms with Crippen molar-refractivity contribution in [3.8, 4) is 0 Å². The maximum Gasteiger partial charge on any atom is 0.270 e. The van der Waals surface area contributed by atoms with Gasteiger partial charge in [-0.1, -0.05) is 24.3 Å². The smallest absolute Gasteiger partial charge is 0.270 e. The second-order valence-corrected chi connectivity index (χ2v) is 5.88. The normalized spacial score (nSPS) is 16.6. The number of nitrogens with zero attached hydrogens (tertiary/aromatic N) is 1. The number of anilines is 1.